The lowest BCUT2D eigenvalue weighted by Crippen LogP contribution is -2.40. The van der Waals surface area contributed by atoms with Gasteiger partial charge < -0.3 is 14.4 Å². The molecule has 0 spiro atoms. The van der Waals surface area contributed by atoms with Crippen LogP contribution in [0.25, 0.3) is 0 Å². The molecule has 0 amide bonds. The van der Waals surface area contributed by atoms with Gasteiger partial charge >= 0.3 is 12.1 Å². The highest BCUT2D eigenvalue weighted by Gasteiger charge is 2.41. The number of fused-ring (bicyclic) bond motifs is 1. The molecule has 4 rings (SSSR count). The lowest BCUT2D eigenvalue weighted by atomic mass is 9.99. The Morgan fingerprint density at radius 3 is 2.62 bits per heavy atom. The van der Waals surface area contributed by atoms with Crippen LogP contribution in [-0.4, -0.2) is 51.0 Å². The first-order valence-electron chi connectivity index (χ1n) is 9.18. The highest BCUT2D eigenvalue weighted by molar-refractivity contribution is 7.10. The van der Waals surface area contributed by atoms with Crippen molar-refractivity contribution >= 4 is 17.3 Å². The third-order valence-electron chi connectivity index (χ3n) is 5.04. The Balaban J connectivity index is 0.000000298. The van der Waals surface area contributed by atoms with Gasteiger partial charge in [0.1, 0.15) is 6.10 Å². The molecule has 2 aliphatic rings. The van der Waals surface area contributed by atoms with Crippen molar-refractivity contribution in [1.29, 1.82) is 0 Å². The average molecular weight is 433 g/mol. The van der Waals surface area contributed by atoms with Gasteiger partial charge in [0.2, 0.25) is 0 Å². The van der Waals surface area contributed by atoms with E-state index in [1.807, 2.05) is 18.3 Å². The summed E-state index contributed by atoms with van der Waals surface area (Å²) in [6, 6.07) is 2.74. The summed E-state index contributed by atoms with van der Waals surface area (Å²) in [4.78, 5) is 17.3. The summed E-state index contributed by atoms with van der Waals surface area (Å²) in [7, 11) is 0. The minimum Gasteiger partial charge on any atom is -0.475 e. The molecule has 29 heavy (non-hydrogen) atoms. The number of ether oxygens (including phenoxy) is 1. The molecule has 0 aromatic carbocycles. The maximum Gasteiger partial charge on any atom is 0.490 e. The topological polar surface area (TPSA) is 88.7 Å². The second kappa shape index (κ2) is 8.80. The van der Waals surface area contributed by atoms with E-state index in [0.717, 1.165) is 32.4 Å². The lowest BCUT2D eigenvalue weighted by Gasteiger charge is -2.34. The van der Waals surface area contributed by atoms with Crippen molar-refractivity contribution in [2.24, 2.45) is 0 Å². The molecule has 3 atom stereocenters. The summed E-state index contributed by atoms with van der Waals surface area (Å²) in [5, 5.41) is 13.2. The number of rotatable bonds is 3. The monoisotopic (exact) mass is 433 g/mol. The fourth-order valence-electron chi connectivity index (χ4n) is 3.59. The van der Waals surface area contributed by atoms with E-state index in [1.165, 1.54) is 10.4 Å². The predicted octanol–water partition coefficient (Wildman–Crippen LogP) is 3.88. The molecule has 2 aromatic rings. The number of nitrogens with zero attached hydrogens (tertiary/aromatic N) is 3. The van der Waals surface area contributed by atoms with Crippen LogP contribution in [0.1, 0.15) is 47.5 Å². The van der Waals surface area contributed by atoms with E-state index < -0.39 is 12.1 Å². The molecule has 4 heterocycles. The molecule has 0 unspecified atom stereocenters. The Bertz CT molecular complexity index is 838. The summed E-state index contributed by atoms with van der Waals surface area (Å²) < 4.78 is 43.3. The van der Waals surface area contributed by atoms with Crippen molar-refractivity contribution in [1.82, 2.24) is 15.0 Å². The van der Waals surface area contributed by atoms with Crippen LogP contribution in [0, 0.1) is 13.8 Å². The number of hydrogen-bond acceptors (Lipinski definition) is 7. The van der Waals surface area contributed by atoms with E-state index in [1.54, 1.807) is 0 Å². The van der Waals surface area contributed by atoms with Crippen molar-refractivity contribution in [3.05, 3.63) is 33.6 Å². The number of carboxylic acids is 1. The van der Waals surface area contributed by atoms with Crippen molar-refractivity contribution in [2.45, 2.75) is 64.1 Å². The molecule has 1 N–H and O–H groups in total. The highest BCUT2D eigenvalue weighted by atomic mass is 32.1. The van der Waals surface area contributed by atoms with Gasteiger partial charge in [0, 0.05) is 24.0 Å². The average Bonchev–Trinajstić information content (AvgIpc) is 3.36. The van der Waals surface area contributed by atoms with Gasteiger partial charge in [-0.2, -0.15) is 18.2 Å². The van der Waals surface area contributed by atoms with E-state index in [-0.39, 0.29) is 6.10 Å². The number of carboxylic acid groups (broad SMARTS) is 1. The SMILES string of the molecule is Cc1noc([C@@H]2CC[C@@H]3[C@@H](CCN3Cc3sccc3C)O2)n1.O=C(O)C(F)(F)F. The molecule has 0 aliphatic carbocycles. The molecule has 7 nitrogen and oxygen atoms in total. The largest absolute Gasteiger partial charge is 0.490 e. The van der Waals surface area contributed by atoms with E-state index in [2.05, 4.69) is 33.4 Å². The number of aryl methyl sites for hydroxylation is 2. The fraction of sp³-hybridized carbons (Fsp3) is 0.611. The Morgan fingerprint density at radius 1 is 1.34 bits per heavy atom. The van der Waals surface area contributed by atoms with Crippen LogP contribution < -0.4 is 0 Å². The molecule has 11 heteroatoms. The van der Waals surface area contributed by atoms with Gasteiger partial charge in [-0.15, -0.1) is 11.3 Å². The molecule has 0 bridgehead atoms. The second-order valence-corrected chi connectivity index (χ2v) is 8.08. The minimum atomic E-state index is -5.08. The number of halogens is 3. The van der Waals surface area contributed by atoms with E-state index >= 15 is 0 Å². The van der Waals surface area contributed by atoms with Gasteiger partial charge in [-0.3, -0.25) is 4.90 Å². The van der Waals surface area contributed by atoms with Gasteiger partial charge in [-0.1, -0.05) is 5.16 Å². The van der Waals surface area contributed by atoms with Crippen molar-refractivity contribution in [3.63, 3.8) is 0 Å². The van der Waals surface area contributed by atoms with Crippen LogP contribution in [0.15, 0.2) is 16.0 Å². The van der Waals surface area contributed by atoms with Gasteiger partial charge in [0.25, 0.3) is 5.89 Å². The fourth-order valence-corrected chi connectivity index (χ4v) is 4.52. The number of carbonyl (C=O) groups is 1. The Labute approximate surface area is 169 Å². The van der Waals surface area contributed by atoms with E-state index in [4.69, 9.17) is 19.2 Å². The molecule has 0 radical (unpaired) electrons. The van der Waals surface area contributed by atoms with Gasteiger partial charge in [0.15, 0.2) is 5.82 Å². The third-order valence-corrected chi connectivity index (χ3v) is 6.05. The standard InChI is InChI=1S/C16H21N3O2S.C2HF3O2/c1-10-6-8-22-15(10)9-19-7-5-13-12(19)3-4-14(20-13)16-17-11(2)18-21-16;3-2(4,5)1(6)7/h6,8,12-14H,3-5,7,9H2,1-2H3;(H,6,7)/t12-,13-,14+;/m1./s1. The molecular weight excluding hydrogens is 411 g/mol. The van der Waals surface area contributed by atoms with Crippen LogP contribution in [-0.2, 0) is 16.1 Å². The number of likely N-dealkylation sites (tertiary alicyclic amines) is 1. The van der Waals surface area contributed by atoms with Crippen LogP contribution in [0.5, 0.6) is 0 Å². The molecule has 2 fully saturated rings. The Kier molecular flexibility index (Phi) is 6.59. The number of thiophene rings is 1. The highest BCUT2D eigenvalue weighted by Crippen LogP contribution is 2.38. The summed E-state index contributed by atoms with van der Waals surface area (Å²) in [5.74, 6) is -1.43. The van der Waals surface area contributed by atoms with Crippen LogP contribution in [0.3, 0.4) is 0 Å². The molecular formula is C18H22F3N3O4S. The van der Waals surface area contributed by atoms with Gasteiger partial charge in [-0.05, 0) is 50.1 Å². The minimum absolute atomic E-state index is 0.0223. The number of alkyl halides is 3. The number of aromatic nitrogens is 2. The summed E-state index contributed by atoms with van der Waals surface area (Å²) in [6.07, 6.45) is -1.61. The van der Waals surface area contributed by atoms with Gasteiger partial charge in [0.05, 0.1) is 6.10 Å². The zero-order valence-electron chi connectivity index (χ0n) is 16.0. The quantitative estimate of drug-likeness (QED) is 0.786. The van der Waals surface area contributed by atoms with Crippen LogP contribution >= 0.6 is 11.3 Å². The van der Waals surface area contributed by atoms with Crippen molar-refractivity contribution in [3.8, 4) is 0 Å². The molecule has 0 saturated carbocycles. The second-order valence-electron chi connectivity index (χ2n) is 7.08. The lowest BCUT2D eigenvalue weighted by molar-refractivity contribution is -0.192. The zero-order chi connectivity index (χ0) is 21.2. The first-order valence-corrected chi connectivity index (χ1v) is 10.1. The first kappa shape index (κ1) is 21.7. The Morgan fingerprint density at radius 2 is 2.07 bits per heavy atom. The zero-order valence-corrected chi connectivity index (χ0v) is 16.8. The summed E-state index contributed by atoms with van der Waals surface area (Å²) in [6.45, 7) is 6.21. The maximum absolute atomic E-state index is 10.6. The van der Waals surface area contributed by atoms with Gasteiger partial charge in [-0.25, -0.2) is 4.79 Å². The van der Waals surface area contributed by atoms with Crippen LogP contribution in [0.4, 0.5) is 13.2 Å². The maximum atomic E-state index is 10.6. The van der Waals surface area contributed by atoms with E-state index in [9.17, 15) is 13.2 Å². The summed E-state index contributed by atoms with van der Waals surface area (Å²) in [5.41, 5.74) is 1.41. The normalized spacial score (nSPS) is 24.7. The summed E-state index contributed by atoms with van der Waals surface area (Å²) >= 11 is 1.86. The third kappa shape index (κ3) is 5.34. The van der Waals surface area contributed by atoms with E-state index in [0.29, 0.717) is 23.9 Å². The van der Waals surface area contributed by atoms with Crippen LogP contribution in [0.2, 0.25) is 0 Å². The molecule has 2 aromatic heterocycles. The number of hydrogen-bond donors (Lipinski definition) is 1. The molecule has 2 aliphatic heterocycles. The predicted molar refractivity (Wildman–Crippen MR) is 97.4 cm³/mol. The number of aliphatic carboxylic acids is 1. The molecule has 160 valence electrons. The smallest absolute Gasteiger partial charge is 0.475 e. The first-order chi connectivity index (χ1) is 13.6. The van der Waals surface area contributed by atoms with Crippen molar-refractivity contribution < 1.29 is 32.3 Å². The molecule has 2 saturated heterocycles. The van der Waals surface area contributed by atoms with Crippen molar-refractivity contribution in [2.75, 3.05) is 6.54 Å². The Hall–Kier alpha value is -1.98.